The topological polar surface area (TPSA) is 49.6 Å². The second kappa shape index (κ2) is 6.72. The number of piperidine rings is 1. The van der Waals surface area contributed by atoms with E-state index < -0.39 is 0 Å². The van der Waals surface area contributed by atoms with Crippen molar-refractivity contribution in [1.82, 2.24) is 19.6 Å². The smallest absolute Gasteiger partial charge is 0.223 e. The van der Waals surface area contributed by atoms with Gasteiger partial charge in [-0.3, -0.25) is 4.79 Å². The molecule has 5 nitrogen and oxygen atoms in total. The summed E-state index contributed by atoms with van der Waals surface area (Å²) in [4.78, 5) is 18.5. The van der Waals surface area contributed by atoms with E-state index in [1.165, 1.54) is 6.42 Å². The van der Waals surface area contributed by atoms with Gasteiger partial charge in [0.15, 0.2) is 0 Å². The van der Waals surface area contributed by atoms with Crippen molar-refractivity contribution in [3.8, 4) is 0 Å². The van der Waals surface area contributed by atoms with Crippen LogP contribution >= 0.6 is 0 Å². The van der Waals surface area contributed by atoms with Crippen molar-refractivity contribution in [1.29, 1.82) is 0 Å². The van der Waals surface area contributed by atoms with Crippen molar-refractivity contribution in [2.75, 3.05) is 19.6 Å². The van der Waals surface area contributed by atoms with Crippen molar-refractivity contribution < 1.29 is 4.79 Å². The largest absolute Gasteiger partial charge is 0.343 e. The Balaban J connectivity index is 1.42. The van der Waals surface area contributed by atoms with Gasteiger partial charge in [0.2, 0.25) is 5.91 Å². The third-order valence-electron chi connectivity index (χ3n) is 3.94. The van der Waals surface area contributed by atoms with Gasteiger partial charge in [0.05, 0.1) is 5.69 Å². The second-order valence-electron chi connectivity index (χ2n) is 5.57. The summed E-state index contributed by atoms with van der Waals surface area (Å²) in [6.45, 7) is 3.29. The molecule has 1 N–H and O–H groups in total. The van der Waals surface area contributed by atoms with E-state index >= 15 is 0 Å². The first kappa shape index (κ1) is 14.1. The molecule has 0 unspecified atom stereocenters. The number of hydrogen-bond donors (Lipinski definition) is 1. The summed E-state index contributed by atoms with van der Waals surface area (Å²) >= 11 is 0. The fraction of sp³-hybridized carbons (Fsp3) is 0.500. The summed E-state index contributed by atoms with van der Waals surface area (Å²) in [6, 6.07) is 5.96. The number of fused-ring (bicyclic) bond motifs is 1. The molecule has 0 saturated carbocycles. The Morgan fingerprint density at radius 2 is 2.10 bits per heavy atom. The minimum atomic E-state index is 0.275. The summed E-state index contributed by atoms with van der Waals surface area (Å²) in [5.74, 6) is 0.275. The number of rotatable bonds is 5. The van der Waals surface area contributed by atoms with Crippen LogP contribution in [0.15, 0.2) is 30.6 Å². The molecule has 1 amide bonds. The van der Waals surface area contributed by atoms with Crippen LogP contribution in [0.2, 0.25) is 0 Å². The molecule has 0 bridgehead atoms. The quantitative estimate of drug-likeness (QED) is 0.853. The lowest BCUT2D eigenvalue weighted by molar-refractivity contribution is -0.131. The van der Waals surface area contributed by atoms with Crippen LogP contribution in [0.5, 0.6) is 0 Å². The summed E-state index contributed by atoms with van der Waals surface area (Å²) in [5.41, 5.74) is 1.96. The molecule has 0 aliphatic carbocycles. The summed E-state index contributed by atoms with van der Waals surface area (Å²) < 4.78 is 2.01. The fourth-order valence-corrected chi connectivity index (χ4v) is 2.79. The molecule has 21 heavy (non-hydrogen) atoms. The van der Waals surface area contributed by atoms with Gasteiger partial charge >= 0.3 is 0 Å². The molecular weight excluding hydrogens is 264 g/mol. The van der Waals surface area contributed by atoms with E-state index in [2.05, 4.69) is 10.3 Å². The second-order valence-corrected chi connectivity index (χ2v) is 5.57. The highest BCUT2D eigenvalue weighted by atomic mass is 16.2. The Morgan fingerprint density at radius 1 is 1.24 bits per heavy atom. The minimum Gasteiger partial charge on any atom is -0.343 e. The molecule has 3 rings (SSSR count). The Kier molecular flexibility index (Phi) is 4.50. The molecule has 3 heterocycles. The number of likely N-dealkylation sites (tertiary alicyclic amines) is 1. The van der Waals surface area contributed by atoms with Crippen LogP contribution in [0.1, 0.15) is 31.4 Å². The number of nitrogens with one attached hydrogen (secondary N) is 1. The normalized spacial score (nSPS) is 15.5. The standard InChI is InChI=1S/C16H22N4O/c21-16(19-9-3-1-4-10-19)7-8-17-12-14-13-20-11-5-2-6-15(20)18-14/h2,5-6,11,13,17H,1,3-4,7-10,12H2. The van der Waals surface area contributed by atoms with Gasteiger partial charge in [-0.25, -0.2) is 4.98 Å². The number of amides is 1. The molecule has 2 aromatic heterocycles. The van der Waals surface area contributed by atoms with E-state index in [9.17, 15) is 4.79 Å². The number of pyridine rings is 1. The molecule has 0 radical (unpaired) electrons. The van der Waals surface area contributed by atoms with Crippen molar-refractivity contribution in [2.24, 2.45) is 0 Å². The predicted molar refractivity (Wildman–Crippen MR) is 81.9 cm³/mol. The Labute approximate surface area is 125 Å². The van der Waals surface area contributed by atoms with Crippen LogP contribution in [-0.2, 0) is 11.3 Å². The monoisotopic (exact) mass is 286 g/mol. The first-order valence-electron chi connectivity index (χ1n) is 7.74. The van der Waals surface area contributed by atoms with Crippen molar-refractivity contribution in [2.45, 2.75) is 32.2 Å². The zero-order valence-corrected chi connectivity index (χ0v) is 12.3. The van der Waals surface area contributed by atoms with E-state index in [0.717, 1.165) is 37.3 Å². The Bertz CT molecular complexity index is 568. The molecule has 112 valence electrons. The third kappa shape index (κ3) is 3.61. The lowest BCUT2D eigenvalue weighted by Crippen LogP contribution is -2.37. The van der Waals surface area contributed by atoms with E-state index in [1.54, 1.807) is 0 Å². The van der Waals surface area contributed by atoms with E-state index in [0.29, 0.717) is 19.5 Å². The molecule has 1 aliphatic heterocycles. The summed E-state index contributed by atoms with van der Waals surface area (Å²) in [6.07, 6.45) is 8.16. The molecule has 2 aromatic rings. The maximum absolute atomic E-state index is 12.0. The highest BCUT2D eigenvalue weighted by Crippen LogP contribution is 2.09. The van der Waals surface area contributed by atoms with Crippen molar-refractivity contribution in [3.05, 3.63) is 36.3 Å². The first-order chi connectivity index (χ1) is 10.3. The van der Waals surface area contributed by atoms with Crippen LogP contribution in [0, 0.1) is 0 Å². The highest BCUT2D eigenvalue weighted by molar-refractivity contribution is 5.76. The van der Waals surface area contributed by atoms with Crippen LogP contribution in [0.3, 0.4) is 0 Å². The van der Waals surface area contributed by atoms with Gasteiger partial charge in [0.25, 0.3) is 0 Å². The maximum Gasteiger partial charge on any atom is 0.223 e. The van der Waals surface area contributed by atoms with Crippen LogP contribution in [-0.4, -0.2) is 39.8 Å². The first-order valence-corrected chi connectivity index (χ1v) is 7.74. The lowest BCUT2D eigenvalue weighted by Gasteiger charge is -2.26. The number of carbonyl (C=O) groups is 1. The minimum absolute atomic E-state index is 0.275. The Hall–Kier alpha value is -1.88. The highest BCUT2D eigenvalue weighted by Gasteiger charge is 2.15. The Morgan fingerprint density at radius 3 is 2.90 bits per heavy atom. The van der Waals surface area contributed by atoms with Crippen molar-refractivity contribution in [3.63, 3.8) is 0 Å². The lowest BCUT2D eigenvalue weighted by atomic mass is 10.1. The average molecular weight is 286 g/mol. The molecule has 0 spiro atoms. The van der Waals surface area contributed by atoms with Gasteiger partial charge in [0, 0.05) is 45.0 Å². The third-order valence-corrected chi connectivity index (χ3v) is 3.94. The summed E-state index contributed by atoms with van der Waals surface area (Å²) in [5, 5.41) is 3.31. The SMILES string of the molecule is O=C(CCNCc1cn2ccccc2n1)N1CCCCC1. The van der Waals surface area contributed by atoms with Crippen molar-refractivity contribution >= 4 is 11.6 Å². The number of aromatic nitrogens is 2. The van der Waals surface area contributed by atoms with Crippen LogP contribution in [0.4, 0.5) is 0 Å². The molecular formula is C16H22N4O. The van der Waals surface area contributed by atoms with Gasteiger partial charge < -0.3 is 14.6 Å². The number of hydrogen-bond acceptors (Lipinski definition) is 3. The van der Waals surface area contributed by atoms with Gasteiger partial charge in [-0.05, 0) is 31.4 Å². The zero-order chi connectivity index (χ0) is 14.5. The number of carbonyl (C=O) groups excluding carboxylic acids is 1. The fourth-order valence-electron chi connectivity index (χ4n) is 2.79. The molecule has 0 atom stereocenters. The molecule has 0 aromatic carbocycles. The van der Waals surface area contributed by atoms with E-state index in [-0.39, 0.29) is 5.91 Å². The predicted octanol–water partition coefficient (Wildman–Crippen LogP) is 1.83. The van der Waals surface area contributed by atoms with Gasteiger partial charge in [-0.1, -0.05) is 6.07 Å². The van der Waals surface area contributed by atoms with Crippen LogP contribution in [0.25, 0.3) is 5.65 Å². The van der Waals surface area contributed by atoms with E-state index in [1.807, 2.05) is 39.9 Å². The van der Waals surface area contributed by atoms with Gasteiger partial charge in [0.1, 0.15) is 5.65 Å². The zero-order valence-electron chi connectivity index (χ0n) is 12.3. The average Bonchev–Trinajstić information content (AvgIpc) is 2.95. The molecule has 1 fully saturated rings. The molecule has 1 saturated heterocycles. The molecule has 1 aliphatic rings. The number of nitrogens with zero attached hydrogens (tertiary/aromatic N) is 3. The van der Waals surface area contributed by atoms with E-state index in [4.69, 9.17) is 0 Å². The maximum atomic E-state index is 12.0. The number of imidazole rings is 1. The van der Waals surface area contributed by atoms with Crippen LogP contribution < -0.4 is 5.32 Å². The van der Waals surface area contributed by atoms with Gasteiger partial charge in [-0.15, -0.1) is 0 Å². The summed E-state index contributed by atoms with van der Waals surface area (Å²) in [7, 11) is 0. The van der Waals surface area contributed by atoms with Gasteiger partial charge in [-0.2, -0.15) is 0 Å². The molecule has 5 heteroatoms.